The molecule has 1 aromatic rings. The van der Waals surface area contributed by atoms with Crippen LogP contribution in [0.4, 0.5) is 6.01 Å². The second-order valence-corrected chi connectivity index (χ2v) is 5.74. The lowest BCUT2D eigenvalue weighted by Gasteiger charge is -2.26. The standard InChI is InChI=1S/C14H28N4O/c1-7-8-15-12(6)13-16-17-14(19-13)18(11(4)5)9-10(2)3/h10-12,15H,7-9H2,1-6H3. The Labute approximate surface area is 116 Å². The van der Waals surface area contributed by atoms with Crippen molar-refractivity contribution in [3.63, 3.8) is 0 Å². The van der Waals surface area contributed by atoms with Gasteiger partial charge >= 0.3 is 6.01 Å². The van der Waals surface area contributed by atoms with Crippen LogP contribution in [0.15, 0.2) is 4.42 Å². The number of nitrogens with one attached hydrogen (secondary N) is 1. The van der Waals surface area contributed by atoms with Gasteiger partial charge in [-0.2, -0.15) is 0 Å². The zero-order valence-corrected chi connectivity index (χ0v) is 13.1. The Morgan fingerprint density at radius 3 is 2.37 bits per heavy atom. The molecule has 1 aromatic heterocycles. The molecular weight excluding hydrogens is 240 g/mol. The first-order valence-corrected chi connectivity index (χ1v) is 7.29. The third-order valence-electron chi connectivity index (χ3n) is 2.93. The Morgan fingerprint density at radius 1 is 1.16 bits per heavy atom. The SMILES string of the molecule is CCCNC(C)c1nnc(N(CC(C)C)C(C)C)o1. The normalized spacial score (nSPS) is 13.3. The molecule has 1 atom stereocenters. The first-order chi connectivity index (χ1) is 8.95. The van der Waals surface area contributed by atoms with E-state index in [1.165, 1.54) is 0 Å². The molecule has 1 unspecified atom stereocenters. The summed E-state index contributed by atoms with van der Waals surface area (Å²) in [7, 11) is 0. The number of hydrogen-bond donors (Lipinski definition) is 1. The number of anilines is 1. The maximum atomic E-state index is 5.81. The van der Waals surface area contributed by atoms with Gasteiger partial charge in [-0.25, -0.2) is 0 Å². The van der Waals surface area contributed by atoms with Crippen molar-refractivity contribution in [1.82, 2.24) is 15.5 Å². The summed E-state index contributed by atoms with van der Waals surface area (Å²) in [4.78, 5) is 2.16. The molecule has 0 bridgehead atoms. The molecule has 110 valence electrons. The Kier molecular flexibility index (Phi) is 6.28. The van der Waals surface area contributed by atoms with E-state index in [0.29, 0.717) is 23.9 Å². The van der Waals surface area contributed by atoms with Crippen molar-refractivity contribution in [1.29, 1.82) is 0 Å². The van der Waals surface area contributed by atoms with Crippen LogP contribution in [0.2, 0.25) is 0 Å². The molecule has 0 aromatic carbocycles. The van der Waals surface area contributed by atoms with Crippen LogP contribution in [0.3, 0.4) is 0 Å². The summed E-state index contributed by atoms with van der Waals surface area (Å²) >= 11 is 0. The second-order valence-electron chi connectivity index (χ2n) is 5.74. The molecule has 0 saturated heterocycles. The summed E-state index contributed by atoms with van der Waals surface area (Å²) in [5, 5.41) is 11.7. The van der Waals surface area contributed by atoms with Gasteiger partial charge in [0.05, 0.1) is 6.04 Å². The lowest BCUT2D eigenvalue weighted by atomic mass is 10.2. The molecule has 0 aliphatic heterocycles. The quantitative estimate of drug-likeness (QED) is 0.785. The Morgan fingerprint density at radius 2 is 1.84 bits per heavy atom. The highest BCUT2D eigenvalue weighted by Gasteiger charge is 2.20. The van der Waals surface area contributed by atoms with E-state index in [1.54, 1.807) is 0 Å². The van der Waals surface area contributed by atoms with Crippen molar-refractivity contribution < 1.29 is 4.42 Å². The fourth-order valence-corrected chi connectivity index (χ4v) is 1.87. The highest BCUT2D eigenvalue weighted by molar-refractivity contribution is 5.26. The third-order valence-corrected chi connectivity index (χ3v) is 2.93. The monoisotopic (exact) mass is 268 g/mol. The maximum Gasteiger partial charge on any atom is 0.318 e. The highest BCUT2D eigenvalue weighted by Crippen LogP contribution is 2.20. The number of rotatable bonds is 8. The molecule has 1 rings (SSSR count). The van der Waals surface area contributed by atoms with Crippen molar-refractivity contribution in [2.75, 3.05) is 18.0 Å². The number of hydrogen-bond acceptors (Lipinski definition) is 5. The predicted octanol–water partition coefficient (Wildman–Crippen LogP) is 3.00. The summed E-state index contributed by atoms with van der Waals surface area (Å²) in [5.41, 5.74) is 0. The van der Waals surface area contributed by atoms with Crippen molar-refractivity contribution >= 4 is 6.01 Å². The Hall–Kier alpha value is -1.10. The molecule has 0 radical (unpaired) electrons. The minimum absolute atomic E-state index is 0.106. The average molecular weight is 268 g/mol. The molecule has 19 heavy (non-hydrogen) atoms. The summed E-state index contributed by atoms with van der Waals surface area (Å²) in [6, 6.07) is 1.09. The van der Waals surface area contributed by atoms with Gasteiger partial charge in [-0.3, -0.25) is 0 Å². The Balaban J connectivity index is 2.75. The first kappa shape index (κ1) is 16.0. The van der Waals surface area contributed by atoms with Gasteiger partial charge in [-0.05, 0) is 39.7 Å². The van der Waals surface area contributed by atoms with Crippen LogP contribution < -0.4 is 10.2 Å². The first-order valence-electron chi connectivity index (χ1n) is 7.29. The second kappa shape index (κ2) is 7.48. The predicted molar refractivity (Wildman–Crippen MR) is 78.3 cm³/mol. The van der Waals surface area contributed by atoms with Crippen molar-refractivity contribution in [3.8, 4) is 0 Å². The summed E-state index contributed by atoms with van der Waals surface area (Å²) < 4.78 is 5.81. The van der Waals surface area contributed by atoms with Crippen molar-refractivity contribution in [2.45, 2.75) is 60.0 Å². The fraction of sp³-hybridized carbons (Fsp3) is 0.857. The summed E-state index contributed by atoms with van der Waals surface area (Å²) in [6.45, 7) is 14.7. The van der Waals surface area contributed by atoms with Crippen LogP contribution in [-0.2, 0) is 0 Å². The van der Waals surface area contributed by atoms with Gasteiger partial charge < -0.3 is 14.6 Å². The maximum absolute atomic E-state index is 5.81. The van der Waals surface area contributed by atoms with Crippen LogP contribution in [0.25, 0.3) is 0 Å². The minimum Gasteiger partial charge on any atom is -0.406 e. The molecule has 0 fully saturated rings. The molecule has 0 saturated carbocycles. The summed E-state index contributed by atoms with van der Waals surface area (Å²) in [5.74, 6) is 1.23. The average Bonchev–Trinajstić information content (AvgIpc) is 2.81. The number of aromatic nitrogens is 2. The number of nitrogens with zero attached hydrogens (tertiary/aromatic N) is 3. The molecular formula is C14H28N4O. The van der Waals surface area contributed by atoms with E-state index >= 15 is 0 Å². The van der Waals surface area contributed by atoms with E-state index in [0.717, 1.165) is 19.5 Å². The molecule has 5 nitrogen and oxygen atoms in total. The molecule has 1 N–H and O–H groups in total. The smallest absolute Gasteiger partial charge is 0.318 e. The molecule has 0 spiro atoms. The third kappa shape index (κ3) is 4.82. The van der Waals surface area contributed by atoms with E-state index in [9.17, 15) is 0 Å². The summed E-state index contributed by atoms with van der Waals surface area (Å²) in [6.07, 6.45) is 1.09. The van der Waals surface area contributed by atoms with Gasteiger partial charge in [-0.15, -0.1) is 5.10 Å². The van der Waals surface area contributed by atoms with E-state index in [4.69, 9.17) is 4.42 Å². The molecule has 1 heterocycles. The van der Waals surface area contributed by atoms with Crippen LogP contribution in [-0.4, -0.2) is 29.3 Å². The highest BCUT2D eigenvalue weighted by atomic mass is 16.4. The zero-order chi connectivity index (χ0) is 14.4. The molecule has 5 heteroatoms. The van der Waals surface area contributed by atoms with Crippen LogP contribution >= 0.6 is 0 Å². The van der Waals surface area contributed by atoms with Gasteiger partial charge in [0.25, 0.3) is 0 Å². The van der Waals surface area contributed by atoms with Crippen molar-refractivity contribution in [2.24, 2.45) is 5.92 Å². The van der Waals surface area contributed by atoms with E-state index in [1.807, 2.05) is 0 Å². The topological polar surface area (TPSA) is 54.2 Å². The van der Waals surface area contributed by atoms with Crippen LogP contribution in [0.5, 0.6) is 0 Å². The largest absolute Gasteiger partial charge is 0.406 e. The van der Waals surface area contributed by atoms with Gasteiger partial charge in [0.15, 0.2) is 0 Å². The zero-order valence-electron chi connectivity index (χ0n) is 13.1. The minimum atomic E-state index is 0.106. The fourth-order valence-electron chi connectivity index (χ4n) is 1.87. The van der Waals surface area contributed by atoms with Crippen molar-refractivity contribution in [3.05, 3.63) is 5.89 Å². The van der Waals surface area contributed by atoms with E-state index in [2.05, 4.69) is 62.0 Å². The lowest BCUT2D eigenvalue weighted by Crippen LogP contribution is -2.34. The van der Waals surface area contributed by atoms with E-state index in [-0.39, 0.29) is 6.04 Å². The van der Waals surface area contributed by atoms with Gasteiger partial charge in [0.1, 0.15) is 0 Å². The molecule has 0 aliphatic carbocycles. The van der Waals surface area contributed by atoms with Gasteiger partial charge in [-0.1, -0.05) is 25.9 Å². The van der Waals surface area contributed by atoms with Crippen LogP contribution in [0.1, 0.15) is 59.9 Å². The van der Waals surface area contributed by atoms with E-state index < -0.39 is 0 Å². The van der Waals surface area contributed by atoms with Crippen LogP contribution in [0, 0.1) is 5.92 Å². The molecule has 0 amide bonds. The van der Waals surface area contributed by atoms with Gasteiger partial charge in [0.2, 0.25) is 5.89 Å². The Bertz CT molecular complexity index is 362. The molecule has 0 aliphatic rings. The van der Waals surface area contributed by atoms with Gasteiger partial charge in [0, 0.05) is 12.6 Å². The lowest BCUT2D eigenvalue weighted by molar-refractivity contribution is 0.404.